The molecule has 2 rings (SSSR count). The Labute approximate surface area is 108 Å². The molecule has 0 aliphatic heterocycles. The minimum Gasteiger partial charge on any atom is -0.454 e. The van der Waals surface area contributed by atoms with Crippen molar-refractivity contribution in [2.24, 2.45) is 0 Å². The van der Waals surface area contributed by atoms with E-state index in [-0.39, 0.29) is 17.0 Å². The van der Waals surface area contributed by atoms with Gasteiger partial charge in [-0.25, -0.2) is 4.39 Å². The van der Waals surface area contributed by atoms with Crippen LogP contribution in [0.2, 0.25) is 5.02 Å². The third-order valence-electron chi connectivity index (χ3n) is 2.25. The fraction of sp³-hybridized carbons (Fsp3) is 0. The Morgan fingerprint density at radius 3 is 2.56 bits per heavy atom. The number of benzene rings is 2. The molecule has 0 atom stereocenters. The first-order valence-electron chi connectivity index (χ1n) is 5.02. The number of nitriles is 1. The molecule has 0 fully saturated rings. The van der Waals surface area contributed by atoms with E-state index in [0.29, 0.717) is 10.8 Å². The Hall–Kier alpha value is -2.25. The maximum Gasteiger partial charge on any atom is 0.150 e. The molecule has 0 amide bonds. The molecule has 0 radical (unpaired) electrons. The lowest BCUT2D eigenvalue weighted by molar-refractivity contribution is 0.481. The minimum atomic E-state index is -0.448. The van der Waals surface area contributed by atoms with Gasteiger partial charge in [-0.05, 0) is 30.3 Å². The Bertz CT molecular complexity index is 637. The van der Waals surface area contributed by atoms with E-state index < -0.39 is 5.82 Å². The first kappa shape index (κ1) is 12.2. The molecule has 3 nitrogen and oxygen atoms in total. The Kier molecular flexibility index (Phi) is 3.35. The number of halogens is 2. The van der Waals surface area contributed by atoms with E-state index in [1.165, 1.54) is 18.2 Å². The normalized spacial score (nSPS) is 9.83. The molecule has 0 heterocycles. The molecule has 2 aromatic carbocycles. The summed E-state index contributed by atoms with van der Waals surface area (Å²) in [4.78, 5) is 0. The molecule has 0 bridgehead atoms. The van der Waals surface area contributed by atoms with E-state index in [2.05, 4.69) is 0 Å². The fourth-order valence-corrected chi connectivity index (χ4v) is 1.58. The van der Waals surface area contributed by atoms with E-state index in [4.69, 9.17) is 27.3 Å². The third-order valence-corrected chi connectivity index (χ3v) is 2.49. The zero-order chi connectivity index (χ0) is 13.1. The van der Waals surface area contributed by atoms with Gasteiger partial charge in [0.15, 0.2) is 5.75 Å². The number of anilines is 1. The third kappa shape index (κ3) is 2.53. The molecule has 18 heavy (non-hydrogen) atoms. The van der Waals surface area contributed by atoms with Gasteiger partial charge in [0.1, 0.15) is 17.6 Å². The van der Waals surface area contributed by atoms with Gasteiger partial charge in [0.05, 0.1) is 11.3 Å². The van der Waals surface area contributed by atoms with Crippen molar-refractivity contribution in [2.45, 2.75) is 0 Å². The van der Waals surface area contributed by atoms with Crippen molar-refractivity contribution < 1.29 is 9.13 Å². The summed E-state index contributed by atoms with van der Waals surface area (Å²) in [6.45, 7) is 0. The topological polar surface area (TPSA) is 59.0 Å². The van der Waals surface area contributed by atoms with E-state index in [0.717, 1.165) is 6.07 Å². The zero-order valence-corrected chi connectivity index (χ0v) is 9.91. The molecule has 90 valence electrons. The van der Waals surface area contributed by atoms with Crippen LogP contribution >= 0.6 is 11.6 Å². The molecule has 0 spiro atoms. The average molecular weight is 263 g/mol. The van der Waals surface area contributed by atoms with Gasteiger partial charge in [0.2, 0.25) is 0 Å². The number of rotatable bonds is 2. The lowest BCUT2D eigenvalue weighted by Gasteiger charge is -2.09. The second-order valence-corrected chi connectivity index (χ2v) is 3.97. The van der Waals surface area contributed by atoms with E-state index in [9.17, 15) is 4.39 Å². The van der Waals surface area contributed by atoms with Crippen LogP contribution in [0.3, 0.4) is 0 Å². The monoisotopic (exact) mass is 262 g/mol. The maximum atomic E-state index is 12.9. The predicted molar refractivity (Wildman–Crippen MR) is 67.1 cm³/mol. The van der Waals surface area contributed by atoms with Gasteiger partial charge in [-0.15, -0.1) is 0 Å². The summed E-state index contributed by atoms with van der Waals surface area (Å²) in [6.07, 6.45) is 0. The van der Waals surface area contributed by atoms with Crippen molar-refractivity contribution >= 4 is 17.3 Å². The molecule has 0 unspecified atom stereocenters. The molecule has 0 aliphatic rings. The molecule has 0 saturated heterocycles. The number of ether oxygens (including phenoxy) is 1. The fourth-order valence-electron chi connectivity index (χ4n) is 1.41. The van der Waals surface area contributed by atoms with Gasteiger partial charge in [0.25, 0.3) is 0 Å². The van der Waals surface area contributed by atoms with Crippen LogP contribution < -0.4 is 10.5 Å². The van der Waals surface area contributed by atoms with Crippen LogP contribution in [0.5, 0.6) is 11.5 Å². The number of nitrogens with two attached hydrogens (primary N) is 1. The summed E-state index contributed by atoms with van der Waals surface area (Å²) in [7, 11) is 0. The summed E-state index contributed by atoms with van der Waals surface area (Å²) in [6, 6.07) is 10.4. The van der Waals surface area contributed by atoms with E-state index in [1.807, 2.05) is 6.07 Å². The van der Waals surface area contributed by atoms with Gasteiger partial charge in [-0.1, -0.05) is 11.6 Å². The molecule has 2 N–H and O–H groups in total. The standard InChI is InChI=1S/C13H8ClFN2O/c14-9-1-3-12(8(5-9)7-16)18-13-4-2-10(15)6-11(13)17/h1-6H,17H2. The molecular formula is C13H8ClFN2O. The van der Waals surface area contributed by atoms with Crippen LogP contribution in [0.4, 0.5) is 10.1 Å². The highest BCUT2D eigenvalue weighted by Gasteiger charge is 2.08. The summed E-state index contributed by atoms with van der Waals surface area (Å²) in [5.41, 5.74) is 6.06. The first-order chi connectivity index (χ1) is 8.60. The Balaban J connectivity index is 2.37. The summed E-state index contributed by atoms with van der Waals surface area (Å²) < 4.78 is 18.3. The van der Waals surface area contributed by atoms with Crippen LogP contribution in [0, 0.1) is 17.1 Å². The highest BCUT2D eigenvalue weighted by Crippen LogP contribution is 2.31. The lowest BCUT2D eigenvalue weighted by atomic mass is 10.2. The van der Waals surface area contributed by atoms with Crippen molar-refractivity contribution in [3.63, 3.8) is 0 Å². The molecule has 2 aromatic rings. The summed E-state index contributed by atoms with van der Waals surface area (Å²) in [5, 5.41) is 9.39. The smallest absolute Gasteiger partial charge is 0.150 e. The highest BCUT2D eigenvalue weighted by atomic mass is 35.5. The highest BCUT2D eigenvalue weighted by molar-refractivity contribution is 6.30. The zero-order valence-electron chi connectivity index (χ0n) is 9.15. The molecule has 0 saturated carbocycles. The number of nitrogen functional groups attached to an aromatic ring is 1. The average Bonchev–Trinajstić information content (AvgIpc) is 2.34. The summed E-state index contributed by atoms with van der Waals surface area (Å²) in [5.74, 6) is 0.159. The molecule has 0 aromatic heterocycles. The molecular weight excluding hydrogens is 255 g/mol. The summed E-state index contributed by atoms with van der Waals surface area (Å²) >= 11 is 5.77. The van der Waals surface area contributed by atoms with Gasteiger partial charge in [-0.3, -0.25) is 0 Å². The van der Waals surface area contributed by atoms with Crippen molar-refractivity contribution in [3.8, 4) is 17.6 Å². The van der Waals surface area contributed by atoms with E-state index >= 15 is 0 Å². The van der Waals surface area contributed by atoms with Crippen LogP contribution in [-0.4, -0.2) is 0 Å². The van der Waals surface area contributed by atoms with Crippen LogP contribution in [0.1, 0.15) is 5.56 Å². The SMILES string of the molecule is N#Cc1cc(Cl)ccc1Oc1ccc(F)cc1N. The quantitative estimate of drug-likeness (QED) is 0.839. The number of nitrogens with zero attached hydrogens (tertiary/aromatic N) is 1. The Morgan fingerprint density at radius 1 is 1.17 bits per heavy atom. The van der Waals surface area contributed by atoms with Crippen molar-refractivity contribution in [2.75, 3.05) is 5.73 Å². The van der Waals surface area contributed by atoms with Gasteiger partial charge in [-0.2, -0.15) is 5.26 Å². The van der Waals surface area contributed by atoms with Crippen molar-refractivity contribution in [1.29, 1.82) is 5.26 Å². The van der Waals surface area contributed by atoms with Gasteiger partial charge < -0.3 is 10.5 Å². The number of hydrogen-bond acceptors (Lipinski definition) is 3. The minimum absolute atomic E-state index is 0.161. The van der Waals surface area contributed by atoms with E-state index in [1.54, 1.807) is 12.1 Å². The first-order valence-corrected chi connectivity index (χ1v) is 5.40. The Morgan fingerprint density at radius 2 is 1.89 bits per heavy atom. The second-order valence-electron chi connectivity index (χ2n) is 3.54. The molecule has 5 heteroatoms. The van der Waals surface area contributed by atoms with Crippen LogP contribution in [-0.2, 0) is 0 Å². The van der Waals surface area contributed by atoms with Gasteiger partial charge >= 0.3 is 0 Å². The van der Waals surface area contributed by atoms with Crippen molar-refractivity contribution in [3.05, 3.63) is 52.8 Å². The van der Waals surface area contributed by atoms with Gasteiger partial charge in [0, 0.05) is 11.1 Å². The maximum absolute atomic E-state index is 12.9. The van der Waals surface area contributed by atoms with Crippen LogP contribution in [0.25, 0.3) is 0 Å². The molecule has 0 aliphatic carbocycles. The second kappa shape index (κ2) is 4.94. The predicted octanol–water partition coefficient (Wildman–Crippen LogP) is 3.73. The lowest BCUT2D eigenvalue weighted by Crippen LogP contribution is -1.94. The van der Waals surface area contributed by atoms with Crippen molar-refractivity contribution in [1.82, 2.24) is 0 Å². The number of hydrogen-bond donors (Lipinski definition) is 1. The van der Waals surface area contributed by atoms with Crippen LogP contribution in [0.15, 0.2) is 36.4 Å². The largest absolute Gasteiger partial charge is 0.454 e.